The second-order valence-corrected chi connectivity index (χ2v) is 5.23. The lowest BCUT2D eigenvalue weighted by atomic mass is 10.3. The highest BCUT2D eigenvalue weighted by atomic mass is 32.2. The topological polar surface area (TPSA) is 89.8 Å². The fourth-order valence-corrected chi connectivity index (χ4v) is 2.24. The van der Waals surface area contributed by atoms with Crippen molar-refractivity contribution in [3.8, 4) is 0 Å². The standard InChI is InChI=1S/C13H16N2O5S/c1-14(8-7-13(17)20-2)12(16)9-21-11-5-3-10(4-6-11)15(18)19/h3-6H,7-9H2,1-2H3. The number of nitro benzene ring substituents is 1. The number of hydrogen-bond donors (Lipinski definition) is 0. The number of benzene rings is 1. The maximum atomic E-state index is 11.8. The monoisotopic (exact) mass is 312 g/mol. The number of amides is 1. The van der Waals surface area contributed by atoms with Gasteiger partial charge < -0.3 is 9.64 Å². The minimum Gasteiger partial charge on any atom is -0.469 e. The Bertz CT molecular complexity index is 518. The number of nitrogens with zero attached hydrogens (tertiary/aromatic N) is 2. The molecule has 8 heteroatoms. The number of ether oxygens (including phenoxy) is 1. The molecule has 0 saturated heterocycles. The van der Waals surface area contributed by atoms with Crippen molar-refractivity contribution in [2.45, 2.75) is 11.3 Å². The fourth-order valence-electron chi connectivity index (χ4n) is 1.41. The van der Waals surface area contributed by atoms with Gasteiger partial charge in [-0.05, 0) is 12.1 Å². The predicted octanol–water partition coefficient (Wildman–Crippen LogP) is 1.71. The zero-order valence-corrected chi connectivity index (χ0v) is 12.6. The van der Waals surface area contributed by atoms with E-state index < -0.39 is 4.92 Å². The molecule has 0 aliphatic rings. The smallest absolute Gasteiger partial charge is 0.307 e. The molecule has 1 amide bonds. The zero-order valence-electron chi connectivity index (χ0n) is 11.8. The fraction of sp³-hybridized carbons (Fsp3) is 0.385. The van der Waals surface area contributed by atoms with Crippen molar-refractivity contribution in [2.24, 2.45) is 0 Å². The first-order valence-electron chi connectivity index (χ1n) is 6.12. The molecule has 21 heavy (non-hydrogen) atoms. The number of rotatable bonds is 7. The van der Waals surface area contributed by atoms with Gasteiger partial charge in [0.2, 0.25) is 5.91 Å². The van der Waals surface area contributed by atoms with Crippen LogP contribution in [0.2, 0.25) is 0 Å². The molecule has 0 saturated carbocycles. The molecule has 114 valence electrons. The van der Waals surface area contributed by atoms with Gasteiger partial charge >= 0.3 is 5.97 Å². The molecule has 0 aliphatic heterocycles. The lowest BCUT2D eigenvalue weighted by molar-refractivity contribution is -0.384. The molecule has 0 radical (unpaired) electrons. The Balaban J connectivity index is 2.41. The molecule has 1 aromatic carbocycles. The second kappa shape index (κ2) is 8.25. The van der Waals surface area contributed by atoms with Crippen LogP contribution in [0.15, 0.2) is 29.2 Å². The third-order valence-corrected chi connectivity index (χ3v) is 3.71. The van der Waals surface area contributed by atoms with Crippen LogP contribution in [0.1, 0.15) is 6.42 Å². The molecular formula is C13H16N2O5S. The minimum absolute atomic E-state index is 0.0147. The lowest BCUT2D eigenvalue weighted by Gasteiger charge is -2.16. The van der Waals surface area contributed by atoms with E-state index in [2.05, 4.69) is 4.74 Å². The summed E-state index contributed by atoms with van der Waals surface area (Å²) in [5.41, 5.74) is 0.0147. The van der Waals surface area contributed by atoms with Crippen LogP contribution in [0, 0.1) is 10.1 Å². The average molecular weight is 312 g/mol. The molecule has 1 rings (SSSR count). The van der Waals surface area contributed by atoms with Gasteiger partial charge in [-0.2, -0.15) is 0 Å². The summed E-state index contributed by atoms with van der Waals surface area (Å²) in [6, 6.07) is 6.00. The number of esters is 1. The quantitative estimate of drug-likeness (QED) is 0.329. The molecule has 0 bridgehead atoms. The molecule has 0 heterocycles. The van der Waals surface area contributed by atoms with Crippen LogP contribution < -0.4 is 0 Å². The van der Waals surface area contributed by atoms with Crippen molar-refractivity contribution in [2.75, 3.05) is 26.5 Å². The van der Waals surface area contributed by atoms with Gasteiger partial charge in [0.25, 0.3) is 5.69 Å². The Morgan fingerprint density at radius 2 is 1.95 bits per heavy atom. The van der Waals surface area contributed by atoms with E-state index in [1.165, 1.54) is 35.9 Å². The van der Waals surface area contributed by atoms with Crippen LogP contribution >= 0.6 is 11.8 Å². The zero-order chi connectivity index (χ0) is 15.8. The third-order valence-electron chi connectivity index (χ3n) is 2.71. The highest BCUT2D eigenvalue weighted by Crippen LogP contribution is 2.21. The molecule has 0 N–H and O–H groups in total. The van der Waals surface area contributed by atoms with Crippen LogP contribution in [0.5, 0.6) is 0 Å². The molecule has 1 aromatic rings. The summed E-state index contributed by atoms with van der Waals surface area (Å²) in [5, 5.41) is 10.5. The van der Waals surface area contributed by atoms with E-state index in [-0.39, 0.29) is 29.7 Å². The maximum Gasteiger partial charge on any atom is 0.307 e. The number of methoxy groups -OCH3 is 1. The minimum atomic E-state index is -0.472. The van der Waals surface area contributed by atoms with Crippen LogP contribution in [-0.2, 0) is 14.3 Å². The van der Waals surface area contributed by atoms with Crippen LogP contribution in [0.25, 0.3) is 0 Å². The first-order valence-corrected chi connectivity index (χ1v) is 7.10. The van der Waals surface area contributed by atoms with Crippen LogP contribution in [-0.4, -0.2) is 48.2 Å². The second-order valence-electron chi connectivity index (χ2n) is 4.18. The predicted molar refractivity (Wildman–Crippen MR) is 78.1 cm³/mol. The van der Waals surface area contributed by atoms with Gasteiger partial charge in [0.1, 0.15) is 0 Å². The van der Waals surface area contributed by atoms with Crippen molar-refractivity contribution in [1.29, 1.82) is 0 Å². The van der Waals surface area contributed by atoms with Gasteiger partial charge in [-0.3, -0.25) is 19.7 Å². The van der Waals surface area contributed by atoms with E-state index in [0.717, 1.165) is 4.90 Å². The summed E-state index contributed by atoms with van der Waals surface area (Å²) in [6.45, 7) is 0.298. The largest absolute Gasteiger partial charge is 0.469 e. The highest BCUT2D eigenvalue weighted by Gasteiger charge is 2.12. The first-order chi connectivity index (χ1) is 9.93. The van der Waals surface area contributed by atoms with Crippen molar-refractivity contribution in [3.05, 3.63) is 34.4 Å². The van der Waals surface area contributed by atoms with Crippen LogP contribution in [0.3, 0.4) is 0 Å². The molecule has 0 aliphatic carbocycles. The summed E-state index contributed by atoms with van der Waals surface area (Å²) < 4.78 is 4.50. The van der Waals surface area contributed by atoms with Gasteiger partial charge in [-0.1, -0.05) is 0 Å². The number of hydrogen-bond acceptors (Lipinski definition) is 6. The summed E-state index contributed by atoms with van der Waals surface area (Å²) in [7, 11) is 2.91. The normalized spacial score (nSPS) is 10.0. The summed E-state index contributed by atoms with van der Waals surface area (Å²) in [6.07, 6.45) is 0.154. The molecule has 0 spiro atoms. The molecule has 0 atom stereocenters. The lowest BCUT2D eigenvalue weighted by Crippen LogP contribution is -2.30. The number of carbonyl (C=O) groups is 2. The molecule has 0 aromatic heterocycles. The summed E-state index contributed by atoms with van der Waals surface area (Å²) in [5.74, 6) is -0.282. The Morgan fingerprint density at radius 1 is 1.33 bits per heavy atom. The van der Waals surface area contributed by atoms with Gasteiger partial charge in [-0.25, -0.2) is 0 Å². The van der Waals surface area contributed by atoms with E-state index in [9.17, 15) is 19.7 Å². The Morgan fingerprint density at radius 3 is 2.48 bits per heavy atom. The van der Waals surface area contributed by atoms with Crippen molar-refractivity contribution in [1.82, 2.24) is 4.90 Å². The van der Waals surface area contributed by atoms with Gasteiger partial charge in [-0.15, -0.1) is 11.8 Å². The van der Waals surface area contributed by atoms with Crippen molar-refractivity contribution in [3.63, 3.8) is 0 Å². The Kier molecular flexibility index (Phi) is 6.67. The molecule has 7 nitrogen and oxygen atoms in total. The van der Waals surface area contributed by atoms with E-state index in [1.54, 1.807) is 19.2 Å². The van der Waals surface area contributed by atoms with Crippen molar-refractivity contribution >= 4 is 29.3 Å². The number of non-ortho nitro benzene ring substituents is 1. The van der Waals surface area contributed by atoms with E-state index in [0.29, 0.717) is 6.54 Å². The van der Waals surface area contributed by atoms with Crippen molar-refractivity contribution < 1.29 is 19.2 Å². The van der Waals surface area contributed by atoms with Crippen LogP contribution in [0.4, 0.5) is 5.69 Å². The van der Waals surface area contributed by atoms with E-state index in [4.69, 9.17) is 0 Å². The highest BCUT2D eigenvalue weighted by molar-refractivity contribution is 8.00. The number of carbonyl (C=O) groups excluding carboxylic acids is 2. The maximum absolute atomic E-state index is 11.8. The summed E-state index contributed by atoms with van der Waals surface area (Å²) in [4.78, 5) is 35.1. The molecule has 0 fully saturated rings. The first kappa shape index (κ1) is 17.0. The van der Waals surface area contributed by atoms with Gasteiger partial charge in [0, 0.05) is 30.6 Å². The third kappa shape index (κ3) is 5.82. The Labute approximate surface area is 126 Å². The SMILES string of the molecule is COC(=O)CCN(C)C(=O)CSc1ccc([N+](=O)[O-])cc1. The van der Waals surface area contributed by atoms with Gasteiger partial charge in [0.15, 0.2) is 0 Å². The number of thioether (sulfide) groups is 1. The molecule has 0 unspecified atom stereocenters. The molecular weight excluding hydrogens is 296 g/mol. The Hall–Kier alpha value is -2.09. The average Bonchev–Trinajstić information content (AvgIpc) is 2.50. The van der Waals surface area contributed by atoms with E-state index >= 15 is 0 Å². The number of nitro groups is 1. The van der Waals surface area contributed by atoms with E-state index in [1.807, 2.05) is 0 Å². The summed E-state index contributed by atoms with van der Waals surface area (Å²) >= 11 is 1.29. The van der Waals surface area contributed by atoms with Gasteiger partial charge in [0.05, 0.1) is 24.2 Å².